The molecule has 0 bridgehead atoms. The molecule has 0 amide bonds. The Hall–Kier alpha value is -0.880. The molecule has 17 heavy (non-hydrogen) atoms. The lowest BCUT2D eigenvalue weighted by Gasteiger charge is -2.18. The summed E-state index contributed by atoms with van der Waals surface area (Å²) < 4.78 is 6.17. The van der Waals surface area contributed by atoms with Crippen molar-refractivity contribution in [3.05, 3.63) is 10.7 Å². The van der Waals surface area contributed by atoms with Gasteiger partial charge in [-0.1, -0.05) is 0 Å². The monoisotopic (exact) mass is 300 g/mol. The largest absolute Gasteiger partial charge is 0.463 e. The summed E-state index contributed by atoms with van der Waals surface area (Å²) in [5.41, 5.74) is 5.61. The summed E-state index contributed by atoms with van der Waals surface area (Å²) >= 11 is 3.26. The van der Waals surface area contributed by atoms with Gasteiger partial charge in [0.1, 0.15) is 10.4 Å². The SMILES string of the molecule is CN1CCCC1CCOc1nc(N)cc(Br)n1. The molecule has 1 saturated heterocycles. The third-order valence-electron chi connectivity index (χ3n) is 3.05. The Kier molecular flexibility index (Phi) is 4.17. The molecule has 1 aliphatic heterocycles. The Bertz CT molecular complexity index is 367. The van der Waals surface area contributed by atoms with E-state index in [0.29, 0.717) is 29.1 Å². The average molecular weight is 301 g/mol. The van der Waals surface area contributed by atoms with E-state index >= 15 is 0 Å². The third-order valence-corrected chi connectivity index (χ3v) is 3.45. The van der Waals surface area contributed by atoms with Crippen LogP contribution in [0.5, 0.6) is 6.01 Å². The van der Waals surface area contributed by atoms with Crippen molar-refractivity contribution in [3.8, 4) is 6.01 Å². The number of halogens is 1. The van der Waals surface area contributed by atoms with Crippen LogP contribution in [0, 0.1) is 0 Å². The van der Waals surface area contributed by atoms with Crippen molar-refractivity contribution in [2.75, 3.05) is 25.9 Å². The zero-order valence-electron chi connectivity index (χ0n) is 9.90. The minimum Gasteiger partial charge on any atom is -0.463 e. The molecule has 0 saturated carbocycles. The zero-order valence-corrected chi connectivity index (χ0v) is 11.5. The molecule has 1 unspecified atom stereocenters. The first-order valence-electron chi connectivity index (χ1n) is 5.78. The van der Waals surface area contributed by atoms with Crippen LogP contribution in [-0.2, 0) is 0 Å². The molecule has 2 heterocycles. The Labute approximate surface area is 110 Å². The Morgan fingerprint density at radius 2 is 2.41 bits per heavy atom. The highest BCUT2D eigenvalue weighted by atomic mass is 79.9. The number of likely N-dealkylation sites (tertiary alicyclic amines) is 1. The highest BCUT2D eigenvalue weighted by Gasteiger charge is 2.20. The summed E-state index contributed by atoms with van der Waals surface area (Å²) in [6.45, 7) is 1.82. The van der Waals surface area contributed by atoms with Crippen LogP contribution in [0.2, 0.25) is 0 Å². The molecule has 0 aliphatic carbocycles. The number of ether oxygens (including phenoxy) is 1. The lowest BCUT2D eigenvalue weighted by molar-refractivity contribution is 0.223. The molecule has 1 aromatic heterocycles. The van der Waals surface area contributed by atoms with Crippen molar-refractivity contribution in [3.63, 3.8) is 0 Å². The number of nitrogens with zero attached hydrogens (tertiary/aromatic N) is 3. The predicted octanol–water partition coefficient (Wildman–Crippen LogP) is 1.68. The summed E-state index contributed by atoms with van der Waals surface area (Å²) in [6, 6.07) is 2.62. The lowest BCUT2D eigenvalue weighted by Crippen LogP contribution is -2.26. The van der Waals surface area contributed by atoms with Gasteiger partial charge < -0.3 is 15.4 Å². The van der Waals surface area contributed by atoms with E-state index in [1.807, 2.05) is 0 Å². The predicted molar refractivity (Wildman–Crippen MR) is 69.9 cm³/mol. The van der Waals surface area contributed by atoms with E-state index in [4.69, 9.17) is 10.5 Å². The van der Waals surface area contributed by atoms with Gasteiger partial charge in [-0.15, -0.1) is 0 Å². The van der Waals surface area contributed by atoms with Gasteiger partial charge in [0.05, 0.1) is 6.61 Å². The average Bonchev–Trinajstić information content (AvgIpc) is 2.63. The van der Waals surface area contributed by atoms with Gasteiger partial charge in [-0.25, -0.2) is 0 Å². The normalized spacial score (nSPS) is 20.7. The van der Waals surface area contributed by atoms with E-state index in [1.165, 1.54) is 19.4 Å². The molecule has 6 heteroatoms. The first kappa shape index (κ1) is 12.6. The molecule has 94 valence electrons. The van der Waals surface area contributed by atoms with Crippen LogP contribution in [0.4, 0.5) is 5.82 Å². The van der Waals surface area contributed by atoms with Crippen LogP contribution < -0.4 is 10.5 Å². The van der Waals surface area contributed by atoms with E-state index in [0.717, 1.165) is 6.42 Å². The summed E-state index contributed by atoms with van der Waals surface area (Å²) in [4.78, 5) is 10.5. The van der Waals surface area contributed by atoms with Crippen LogP contribution in [-0.4, -0.2) is 41.1 Å². The second-order valence-electron chi connectivity index (χ2n) is 4.31. The highest BCUT2D eigenvalue weighted by Crippen LogP contribution is 2.18. The zero-order chi connectivity index (χ0) is 12.3. The van der Waals surface area contributed by atoms with Crippen molar-refractivity contribution >= 4 is 21.7 Å². The summed E-state index contributed by atoms with van der Waals surface area (Å²) in [6.07, 6.45) is 3.54. The molecule has 2 N–H and O–H groups in total. The number of aromatic nitrogens is 2. The molecule has 0 spiro atoms. The van der Waals surface area contributed by atoms with Crippen LogP contribution in [0.3, 0.4) is 0 Å². The van der Waals surface area contributed by atoms with Crippen molar-refractivity contribution in [1.82, 2.24) is 14.9 Å². The fourth-order valence-corrected chi connectivity index (χ4v) is 2.49. The van der Waals surface area contributed by atoms with Crippen molar-refractivity contribution in [2.45, 2.75) is 25.3 Å². The molecule has 2 rings (SSSR count). The molecule has 0 aromatic carbocycles. The van der Waals surface area contributed by atoms with E-state index in [1.54, 1.807) is 6.07 Å². The maximum absolute atomic E-state index is 5.61. The molecule has 1 fully saturated rings. The number of rotatable bonds is 4. The molecule has 0 radical (unpaired) electrons. The fourth-order valence-electron chi connectivity index (χ4n) is 2.11. The van der Waals surface area contributed by atoms with Gasteiger partial charge in [-0.2, -0.15) is 9.97 Å². The van der Waals surface area contributed by atoms with E-state index in [2.05, 4.69) is 37.8 Å². The molecule has 1 aromatic rings. The first-order chi connectivity index (χ1) is 8.15. The van der Waals surface area contributed by atoms with Gasteiger partial charge in [0.15, 0.2) is 0 Å². The minimum atomic E-state index is 0.345. The van der Waals surface area contributed by atoms with Crippen molar-refractivity contribution in [2.24, 2.45) is 0 Å². The maximum Gasteiger partial charge on any atom is 0.319 e. The molecular formula is C11H17BrN4O. The number of anilines is 1. The smallest absolute Gasteiger partial charge is 0.319 e. The minimum absolute atomic E-state index is 0.345. The second-order valence-corrected chi connectivity index (χ2v) is 5.12. The van der Waals surface area contributed by atoms with Gasteiger partial charge in [0.25, 0.3) is 0 Å². The fraction of sp³-hybridized carbons (Fsp3) is 0.636. The maximum atomic E-state index is 5.61. The number of hydrogen-bond donors (Lipinski definition) is 1. The van der Waals surface area contributed by atoms with E-state index < -0.39 is 0 Å². The number of hydrogen-bond acceptors (Lipinski definition) is 5. The van der Waals surface area contributed by atoms with Gasteiger partial charge in [-0.3, -0.25) is 0 Å². The summed E-state index contributed by atoms with van der Waals surface area (Å²) in [7, 11) is 2.16. The summed E-state index contributed by atoms with van der Waals surface area (Å²) in [5, 5.41) is 0. The first-order valence-corrected chi connectivity index (χ1v) is 6.57. The van der Waals surface area contributed by atoms with Gasteiger partial charge in [-0.05, 0) is 48.8 Å². The van der Waals surface area contributed by atoms with Gasteiger partial charge >= 0.3 is 6.01 Å². The van der Waals surface area contributed by atoms with Crippen LogP contribution >= 0.6 is 15.9 Å². The number of nitrogen functional groups attached to an aromatic ring is 1. The van der Waals surface area contributed by atoms with Crippen molar-refractivity contribution < 1.29 is 4.74 Å². The summed E-state index contributed by atoms with van der Waals surface area (Å²) in [5.74, 6) is 0.417. The van der Waals surface area contributed by atoms with Crippen LogP contribution in [0.15, 0.2) is 10.7 Å². The van der Waals surface area contributed by atoms with Crippen LogP contribution in [0.25, 0.3) is 0 Å². The lowest BCUT2D eigenvalue weighted by atomic mass is 10.2. The molecule has 1 atom stereocenters. The van der Waals surface area contributed by atoms with Crippen molar-refractivity contribution in [1.29, 1.82) is 0 Å². The van der Waals surface area contributed by atoms with Gasteiger partial charge in [0, 0.05) is 12.1 Å². The van der Waals surface area contributed by atoms with Crippen LogP contribution in [0.1, 0.15) is 19.3 Å². The molecular weight excluding hydrogens is 284 g/mol. The topological polar surface area (TPSA) is 64.3 Å². The Balaban J connectivity index is 1.81. The second kappa shape index (κ2) is 5.64. The quantitative estimate of drug-likeness (QED) is 0.857. The third kappa shape index (κ3) is 3.54. The highest BCUT2D eigenvalue weighted by molar-refractivity contribution is 9.10. The standard InChI is InChI=1S/C11H17BrN4O/c1-16-5-2-3-8(16)4-6-17-11-14-9(12)7-10(13)15-11/h7-8H,2-6H2,1H3,(H2,13,14,15). The Morgan fingerprint density at radius 1 is 1.59 bits per heavy atom. The van der Waals surface area contributed by atoms with E-state index in [9.17, 15) is 0 Å². The number of nitrogens with two attached hydrogens (primary N) is 1. The molecule has 5 nitrogen and oxygen atoms in total. The van der Waals surface area contributed by atoms with E-state index in [-0.39, 0.29) is 0 Å². The molecule has 1 aliphatic rings. The van der Waals surface area contributed by atoms with Gasteiger partial charge in [0.2, 0.25) is 0 Å². The Morgan fingerprint density at radius 3 is 3.06 bits per heavy atom.